The molecular weight excluding hydrogens is 362 g/mol. The Morgan fingerprint density at radius 1 is 1.29 bits per heavy atom. The van der Waals surface area contributed by atoms with Crippen LogP contribution < -0.4 is 10.1 Å². The van der Waals surface area contributed by atoms with E-state index in [0.29, 0.717) is 31.2 Å². The third-order valence-electron chi connectivity index (χ3n) is 5.12. The molecule has 0 bridgehead atoms. The van der Waals surface area contributed by atoms with Crippen LogP contribution in [0.3, 0.4) is 0 Å². The summed E-state index contributed by atoms with van der Waals surface area (Å²) in [7, 11) is 0. The minimum atomic E-state index is -0.250. The first kappa shape index (κ1) is 21.9. The van der Waals surface area contributed by atoms with Gasteiger partial charge in [0.1, 0.15) is 6.10 Å². The highest BCUT2D eigenvalue weighted by molar-refractivity contribution is 5.74. The van der Waals surface area contributed by atoms with Crippen molar-refractivity contribution in [3.63, 3.8) is 0 Å². The second-order valence-corrected chi connectivity index (χ2v) is 7.25. The number of hydrogen-bond acceptors (Lipinski definition) is 6. The fourth-order valence-electron chi connectivity index (χ4n) is 3.75. The van der Waals surface area contributed by atoms with Gasteiger partial charge in [0, 0.05) is 57.0 Å². The highest BCUT2D eigenvalue weighted by Crippen LogP contribution is 2.20. The molecule has 0 aromatic carbocycles. The SMILES string of the molecule is CC(C)N1CCCC1CNC(=O)N1CCC(Oc2ncccn2)CC1.O=CO. The Hall–Kier alpha value is -2.42. The molecule has 2 aliphatic rings. The monoisotopic (exact) mass is 393 g/mol. The molecule has 2 amide bonds. The topological polar surface area (TPSA) is 108 Å². The fraction of sp³-hybridized carbons (Fsp3) is 0.684. The highest BCUT2D eigenvalue weighted by atomic mass is 16.5. The Bertz CT molecular complexity index is 593. The quantitative estimate of drug-likeness (QED) is 0.732. The first-order chi connectivity index (χ1) is 13.5. The summed E-state index contributed by atoms with van der Waals surface area (Å²) in [5.41, 5.74) is 0. The number of hydrogen-bond donors (Lipinski definition) is 2. The molecule has 3 heterocycles. The van der Waals surface area contributed by atoms with Gasteiger partial charge in [-0.2, -0.15) is 0 Å². The molecule has 1 aromatic heterocycles. The minimum Gasteiger partial charge on any atom is -0.483 e. The summed E-state index contributed by atoms with van der Waals surface area (Å²) in [5.74, 6) is 0. The van der Waals surface area contributed by atoms with Crippen molar-refractivity contribution in [2.24, 2.45) is 0 Å². The molecule has 3 rings (SSSR count). The molecule has 2 saturated heterocycles. The van der Waals surface area contributed by atoms with Gasteiger partial charge in [-0.05, 0) is 39.3 Å². The summed E-state index contributed by atoms with van der Waals surface area (Å²) in [5, 5.41) is 10.0. The number of carbonyl (C=O) groups is 2. The number of nitrogens with one attached hydrogen (secondary N) is 1. The Morgan fingerprint density at radius 3 is 2.54 bits per heavy atom. The number of nitrogens with zero attached hydrogens (tertiary/aromatic N) is 4. The molecule has 2 N–H and O–H groups in total. The van der Waals surface area contributed by atoms with E-state index in [1.165, 1.54) is 12.8 Å². The van der Waals surface area contributed by atoms with Gasteiger partial charge in [0.15, 0.2) is 0 Å². The van der Waals surface area contributed by atoms with Crippen LogP contribution in [-0.4, -0.2) is 81.7 Å². The van der Waals surface area contributed by atoms with Gasteiger partial charge in [-0.1, -0.05) is 0 Å². The van der Waals surface area contributed by atoms with Gasteiger partial charge in [-0.15, -0.1) is 0 Å². The molecular formula is C19H31N5O4. The molecule has 28 heavy (non-hydrogen) atoms. The number of rotatable bonds is 5. The third-order valence-corrected chi connectivity index (χ3v) is 5.12. The van der Waals surface area contributed by atoms with E-state index in [4.69, 9.17) is 14.6 Å². The van der Waals surface area contributed by atoms with Crippen LogP contribution in [0.1, 0.15) is 39.5 Å². The maximum atomic E-state index is 12.4. The molecule has 2 fully saturated rings. The molecule has 9 heteroatoms. The van der Waals surface area contributed by atoms with Crippen LogP contribution >= 0.6 is 0 Å². The van der Waals surface area contributed by atoms with E-state index in [1.54, 1.807) is 18.5 Å². The van der Waals surface area contributed by atoms with Gasteiger partial charge < -0.3 is 20.1 Å². The molecule has 1 aromatic rings. The molecule has 2 aliphatic heterocycles. The van der Waals surface area contributed by atoms with Gasteiger partial charge in [0.2, 0.25) is 0 Å². The summed E-state index contributed by atoms with van der Waals surface area (Å²) in [6, 6.07) is 3.24. The Balaban J connectivity index is 0.000000878. The molecule has 0 spiro atoms. The molecule has 0 radical (unpaired) electrons. The van der Waals surface area contributed by atoms with E-state index in [9.17, 15) is 4.79 Å². The van der Waals surface area contributed by atoms with Crippen LogP contribution in [0.2, 0.25) is 0 Å². The predicted molar refractivity (Wildman–Crippen MR) is 104 cm³/mol. The smallest absolute Gasteiger partial charge is 0.317 e. The number of urea groups is 1. The Kier molecular flexibility index (Phi) is 8.93. The van der Waals surface area contributed by atoms with Gasteiger partial charge in [-0.3, -0.25) is 9.69 Å². The van der Waals surface area contributed by atoms with Gasteiger partial charge in [0.25, 0.3) is 6.47 Å². The van der Waals surface area contributed by atoms with Crippen LogP contribution in [0.5, 0.6) is 6.01 Å². The molecule has 0 saturated carbocycles. The van der Waals surface area contributed by atoms with Gasteiger partial charge >= 0.3 is 12.0 Å². The lowest BCUT2D eigenvalue weighted by Gasteiger charge is -2.33. The van der Waals surface area contributed by atoms with Crippen molar-refractivity contribution < 1.29 is 19.4 Å². The molecule has 0 aliphatic carbocycles. The van der Waals surface area contributed by atoms with E-state index in [0.717, 1.165) is 25.9 Å². The number of piperidine rings is 1. The largest absolute Gasteiger partial charge is 0.483 e. The Morgan fingerprint density at radius 2 is 1.93 bits per heavy atom. The van der Waals surface area contributed by atoms with Crippen molar-refractivity contribution in [1.29, 1.82) is 0 Å². The zero-order valence-corrected chi connectivity index (χ0v) is 16.7. The zero-order chi connectivity index (χ0) is 20.4. The van der Waals surface area contributed by atoms with Crippen molar-refractivity contribution in [2.75, 3.05) is 26.2 Å². The maximum absolute atomic E-state index is 12.4. The highest BCUT2D eigenvalue weighted by Gasteiger charge is 2.28. The van der Waals surface area contributed by atoms with Crippen molar-refractivity contribution in [3.8, 4) is 6.01 Å². The van der Waals surface area contributed by atoms with Crippen LogP contribution in [-0.2, 0) is 4.79 Å². The zero-order valence-electron chi connectivity index (χ0n) is 16.7. The minimum absolute atomic E-state index is 0.0463. The third kappa shape index (κ3) is 6.63. The average molecular weight is 393 g/mol. The first-order valence-corrected chi connectivity index (χ1v) is 9.85. The maximum Gasteiger partial charge on any atom is 0.317 e. The molecule has 1 unspecified atom stereocenters. The number of ether oxygens (including phenoxy) is 1. The summed E-state index contributed by atoms with van der Waals surface area (Å²) in [4.78, 5) is 33.3. The normalized spacial score (nSPS) is 20.4. The summed E-state index contributed by atoms with van der Waals surface area (Å²) >= 11 is 0. The van der Waals surface area contributed by atoms with E-state index in [1.807, 2.05) is 4.90 Å². The fourth-order valence-corrected chi connectivity index (χ4v) is 3.75. The van der Waals surface area contributed by atoms with Crippen LogP contribution in [0.15, 0.2) is 18.5 Å². The van der Waals surface area contributed by atoms with E-state index < -0.39 is 0 Å². The number of amides is 2. The average Bonchev–Trinajstić information content (AvgIpc) is 3.17. The summed E-state index contributed by atoms with van der Waals surface area (Å²) in [6.07, 6.45) is 7.45. The van der Waals surface area contributed by atoms with Gasteiger partial charge in [-0.25, -0.2) is 14.8 Å². The van der Waals surface area contributed by atoms with Crippen LogP contribution in [0, 0.1) is 0 Å². The number of aromatic nitrogens is 2. The predicted octanol–water partition coefficient (Wildman–Crippen LogP) is 1.60. The van der Waals surface area contributed by atoms with Crippen LogP contribution in [0.4, 0.5) is 4.79 Å². The molecule has 9 nitrogen and oxygen atoms in total. The van der Waals surface area contributed by atoms with Crippen molar-refractivity contribution in [2.45, 2.75) is 57.7 Å². The number of likely N-dealkylation sites (tertiary alicyclic amines) is 2. The van der Waals surface area contributed by atoms with Crippen LogP contribution in [0.25, 0.3) is 0 Å². The second-order valence-electron chi connectivity index (χ2n) is 7.25. The van der Waals surface area contributed by atoms with Crippen molar-refractivity contribution >= 4 is 12.5 Å². The summed E-state index contributed by atoms with van der Waals surface area (Å²) < 4.78 is 5.78. The lowest BCUT2D eigenvalue weighted by atomic mass is 10.1. The van der Waals surface area contributed by atoms with E-state index in [2.05, 4.69) is 34.0 Å². The number of carboxylic acid groups (broad SMARTS) is 1. The molecule has 156 valence electrons. The first-order valence-electron chi connectivity index (χ1n) is 9.85. The molecule has 1 atom stereocenters. The lowest BCUT2D eigenvalue weighted by molar-refractivity contribution is -0.122. The van der Waals surface area contributed by atoms with Crippen molar-refractivity contribution in [1.82, 2.24) is 25.1 Å². The Labute approximate surface area is 166 Å². The standard InChI is InChI=1S/C18H29N5O2.CH2O2/c1-14(2)23-10-3-5-15(23)13-21-18(24)22-11-6-16(7-12-22)25-17-19-8-4-9-20-17;2-1-3/h4,8-9,14-16H,3,5-7,10-13H2,1-2H3,(H,21,24);1H,(H,2,3). The number of carbonyl (C=O) groups excluding carboxylic acids is 1. The van der Waals surface area contributed by atoms with Gasteiger partial charge in [0.05, 0.1) is 0 Å². The van der Waals surface area contributed by atoms with Crippen molar-refractivity contribution in [3.05, 3.63) is 18.5 Å². The van der Waals surface area contributed by atoms with E-state index >= 15 is 0 Å². The second kappa shape index (κ2) is 11.4. The lowest BCUT2D eigenvalue weighted by Crippen LogP contribution is -2.50. The summed E-state index contributed by atoms with van der Waals surface area (Å²) in [6.45, 7) is 7.50. The van der Waals surface area contributed by atoms with E-state index in [-0.39, 0.29) is 18.6 Å².